The molecular weight excluding hydrogens is 2140 g/mol. The van der Waals surface area contributed by atoms with Crippen LogP contribution in [0, 0.1) is 55.4 Å². The van der Waals surface area contributed by atoms with Crippen molar-refractivity contribution in [3.05, 3.63) is 222 Å². The maximum Gasteiger partial charge on any atom is 2.00 e. The van der Waals surface area contributed by atoms with E-state index in [2.05, 4.69) is 68.6 Å². The predicted octanol–water partition coefficient (Wildman–Crippen LogP) is 22.3. The van der Waals surface area contributed by atoms with Gasteiger partial charge in [0.25, 0.3) is 0 Å². The van der Waals surface area contributed by atoms with E-state index in [0.717, 1.165) is 89.0 Å². The quantitative estimate of drug-likeness (QED) is 0.0204. The minimum Gasteiger partial charge on any atom is -0.872 e. The molecule has 0 aliphatic carbocycles. The zero-order valence-electron chi connectivity index (χ0n) is 87.8. The second-order valence-corrected chi connectivity index (χ2v) is 42.4. The SMILES string of the molecule is COCN(Cc1c(C)c(Cl)cc(C(C)C)c1[O-])C[C@@H](C)NCc1c(C)c(Cl)cc(C(C)C)c1[O-].COCN(Cc1c(C)c(Cl)cc(C(C)C)c1[O-])C[C@@H](C)NCc1c(C)c(Cl)cc(C(C)C)c1[O-].COCN(Cc1c(C)c(Cl)cc(C(C)C)c1[O-])C[C@H](C)NCc1c(C)c(Cl)cc(C(C)C)c1[O-].COCN(Cc1c(C)c(Cl)cc(C(C)C)c1[O-])C[C@H](C)NCc1c(C)c(Cl)cc(C(C)C)c1[O-].[Cu+2].[Cu+2].[Cu+2].[Cu+2]. The van der Waals surface area contributed by atoms with Crippen molar-refractivity contribution in [1.29, 1.82) is 0 Å². The number of nitrogens with one attached hydrogen (secondary N) is 4. The molecule has 4 atom stereocenters. The fourth-order valence-corrected chi connectivity index (χ4v) is 18.5. The van der Waals surface area contributed by atoms with Gasteiger partial charge in [0.05, 0.1) is 26.9 Å². The van der Waals surface area contributed by atoms with Gasteiger partial charge in [-0.05, 0) is 268 Å². The van der Waals surface area contributed by atoms with E-state index in [4.69, 9.17) is 112 Å². The summed E-state index contributed by atoms with van der Waals surface area (Å²) in [4.78, 5) is 8.29. The molecule has 0 aliphatic heterocycles. The van der Waals surface area contributed by atoms with E-state index in [-0.39, 0.29) is 186 Å². The van der Waals surface area contributed by atoms with Crippen LogP contribution in [-0.4, -0.2) is 125 Å². The van der Waals surface area contributed by atoms with E-state index in [1.165, 1.54) is 0 Å². The van der Waals surface area contributed by atoms with Crippen LogP contribution in [0.25, 0.3) is 0 Å². The average molecular weight is 2290 g/mol. The summed E-state index contributed by atoms with van der Waals surface area (Å²) in [5, 5.41) is 123. The molecule has 796 valence electrons. The van der Waals surface area contributed by atoms with Crippen molar-refractivity contribution in [3.8, 4) is 46.0 Å². The molecule has 0 fully saturated rings. The van der Waals surface area contributed by atoms with Gasteiger partial charge in [-0.15, -0.1) is 46.0 Å². The van der Waals surface area contributed by atoms with Gasteiger partial charge in [0.15, 0.2) is 0 Å². The number of hydrogen-bond donors (Lipinski definition) is 4. The van der Waals surface area contributed by atoms with Crippen LogP contribution >= 0.6 is 92.8 Å². The molecule has 0 aliphatic rings. The van der Waals surface area contributed by atoms with Crippen molar-refractivity contribution in [1.82, 2.24) is 40.9 Å². The zero-order valence-corrected chi connectivity index (χ0v) is 97.6. The Morgan fingerprint density at radius 3 is 0.450 bits per heavy atom. The van der Waals surface area contributed by atoms with Crippen LogP contribution in [0.5, 0.6) is 46.0 Å². The fraction of sp³-hybridized carbons (Fsp3) is 0.556. The number of ether oxygens (including phenoxy) is 4. The smallest absolute Gasteiger partial charge is 0.872 e. The van der Waals surface area contributed by atoms with Gasteiger partial charge >= 0.3 is 68.3 Å². The molecule has 8 aromatic rings. The van der Waals surface area contributed by atoms with Gasteiger partial charge in [-0.25, -0.2) is 0 Å². The van der Waals surface area contributed by atoms with Gasteiger partial charge in [0.1, 0.15) is 0 Å². The summed E-state index contributed by atoms with van der Waals surface area (Å²) >= 11 is 51.5. The van der Waals surface area contributed by atoms with Gasteiger partial charge in [0, 0.05) is 171 Å². The first kappa shape index (κ1) is 134. The Kier molecular flexibility index (Phi) is 60.5. The van der Waals surface area contributed by atoms with Gasteiger partial charge in [-0.1, -0.05) is 248 Å². The van der Waals surface area contributed by atoms with Crippen LogP contribution in [0.1, 0.15) is 319 Å². The first-order chi connectivity index (χ1) is 63.5. The Morgan fingerprint density at radius 2 is 0.336 bits per heavy atom. The third-order valence-electron chi connectivity index (χ3n) is 25.4. The fourth-order valence-electron chi connectivity index (χ4n) is 16.6. The molecular formula is C108H152Cl8Cu4N8O12. The van der Waals surface area contributed by atoms with Gasteiger partial charge in [0.2, 0.25) is 0 Å². The van der Waals surface area contributed by atoms with Crippen LogP contribution in [-0.2, 0) is 140 Å². The largest absolute Gasteiger partial charge is 2.00 e. The summed E-state index contributed by atoms with van der Waals surface area (Å²) in [5.74, 6) is 1.22. The number of rotatable bonds is 44. The maximum atomic E-state index is 13.1. The third-order valence-corrected chi connectivity index (χ3v) is 28.6. The summed E-state index contributed by atoms with van der Waals surface area (Å²) in [6.07, 6.45) is 0. The second kappa shape index (κ2) is 63.2. The number of nitrogens with zero attached hydrogens (tertiary/aromatic N) is 4. The standard InChI is InChI=1S/4C27H40Cl2N2O3.4Cu/c4*1-15(2)20-9-24(28)18(6)22(26(20)32)11-30-17(5)12-31(14-34-8)13-23-19(7)25(29)10-21(16(3)4)27(23)33;;;;/h4*9-10,15-17,30,32-33H,11-14H2,1-8H3;;;;/q;;;;4*+2/p-8/t4*17-;;;;/m1100..../s1. The van der Waals surface area contributed by atoms with Crippen molar-refractivity contribution in [2.75, 3.05) is 81.5 Å². The summed E-state index contributed by atoms with van der Waals surface area (Å²) in [5.41, 5.74) is 18.0. The number of benzene rings is 8. The van der Waals surface area contributed by atoms with Crippen LogP contribution in [0.3, 0.4) is 0 Å². The molecule has 20 nitrogen and oxygen atoms in total. The van der Waals surface area contributed by atoms with Crippen molar-refractivity contribution in [2.45, 2.75) is 318 Å². The maximum absolute atomic E-state index is 13.1. The van der Waals surface area contributed by atoms with Crippen LogP contribution in [0.2, 0.25) is 40.2 Å². The third kappa shape index (κ3) is 37.4. The zero-order chi connectivity index (χ0) is 103. The number of hydrogen-bond acceptors (Lipinski definition) is 20. The van der Waals surface area contributed by atoms with Crippen molar-refractivity contribution in [2.24, 2.45) is 0 Å². The minimum atomic E-state index is 0. The first-order valence-corrected chi connectivity index (χ1v) is 50.3. The summed E-state index contributed by atoms with van der Waals surface area (Å²) < 4.78 is 21.7. The van der Waals surface area contributed by atoms with Gasteiger partial charge < -0.3 is 81.1 Å². The molecule has 4 radical (unpaired) electrons. The molecule has 0 heterocycles. The molecule has 0 saturated heterocycles. The Morgan fingerprint density at radius 1 is 0.221 bits per heavy atom. The summed E-state index contributed by atoms with van der Waals surface area (Å²) in [6.45, 7) is 62.7. The summed E-state index contributed by atoms with van der Waals surface area (Å²) in [7, 11) is 6.56. The van der Waals surface area contributed by atoms with Crippen LogP contribution < -0.4 is 62.1 Å². The number of methoxy groups -OCH3 is 4. The molecule has 0 saturated carbocycles. The Balaban J connectivity index is 0.000000925. The normalized spacial score (nSPS) is 12.5. The molecule has 8 aromatic carbocycles. The van der Waals surface area contributed by atoms with Crippen molar-refractivity contribution >= 4 is 92.8 Å². The molecule has 0 unspecified atom stereocenters. The average Bonchev–Trinajstić information content (AvgIpc) is 0.791. The monoisotopic (exact) mass is 2280 g/mol. The van der Waals surface area contributed by atoms with Gasteiger partial charge in [-0.3, -0.25) is 19.6 Å². The predicted molar refractivity (Wildman–Crippen MR) is 552 cm³/mol. The van der Waals surface area contributed by atoms with Crippen LogP contribution in [0.15, 0.2) is 48.5 Å². The molecule has 140 heavy (non-hydrogen) atoms. The van der Waals surface area contributed by atoms with Crippen molar-refractivity contribution < 1.29 is 128 Å². The first-order valence-electron chi connectivity index (χ1n) is 47.2. The van der Waals surface area contributed by atoms with Crippen LogP contribution in [0.4, 0.5) is 0 Å². The topological polar surface area (TPSA) is 282 Å². The molecule has 0 spiro atoms. The second-order valence-electron chi connectivity index (χ2n) is 39.1. The molecule has 32 heteroatoms. The van der Waals surface area contributed by atoms with E-state index in [1.54, 1.807) is 77.0 Å². The Bertz CT molecular complexity index is 4630. The molecule has 0 amide bonds. The van der Waals surface area contributed by atoms with Gasteiger partial charge in [-0.2, -0.15) is 0 Å². The van der Waals surface area contributed by atoms with Crippen molar-refractivity contribution in [3.63, 3.8) is 0 Å². The molecule has 4 N–H and O–H groups in total. The van der Waals surface area contributed by atoms with E-state index in [1.807, 2.05) is 166 Å². The number of halogens is 8. The van der Waals surface area contributed by atoms with E-state index >= 15 is 0 Å². The Labute approximate surface area is 921 Å². The van der Waals surface area contributed by atoms with E-state index < -0.39 is 0 Å². The molecule has 8 rings (SSSR count). The molecule has 0 aromatic heterocycles. The Hall–Kier alpha value is -3.92. The van der Waals surface area contributed by atoms with E-state index in [9.17, 15) is 40.9 Å². The minimum absolute atomic E-state index is 0. The molecule has 0 bridgehead atoms. The van der Waals surface area contributed by atoms with E-state index in [0.29, 0.717) is 190 Å². The summed E-state index contributed by atoms with van der Waals surface area (Å²) in [6, 6.07) is 14.5.